The van der Waals surface area contributed by atoms with Gasteiger partial charge in [0.25, 0.3) is 0 Å². The van der Waals surface area contributed by atoms with Crippen molar-refractivity contribution in [2.24, 2.45) is 7.05 Å². The quantitative estimate of drug-likeness (QED) is 0.807. The number of ether oxygens (including phenoxy) is 2. The van der Waals surface area contributed by atoms with E-state index in [1.165, 1.54) is 0 Å². The van der Waals surface area contributed by atoms with Gasteiger partial charge in [0.1, 0.15) is 11.9 Å². The van der Waals surface area contributed by atoms with E-state index in [9.17, 15) is 0 Å². The van der Waals surface area contributed by atoms with Crippen molar-refractivity contribution in [1.82, 2.24) is 14.5 Å². The molecular weight excluding hydrogens is 242 g/mol. The van der Waals surface area contributed by atoms with Gasteiger partial charge >= 0.3 is 0 Å². The summed E-state index contributed by atoms with van der Waals surface area (Å²) in [6, 6.07) is 0.654. The molecule has 0 unspecified atom stereocenters. The van der Waals surface area contributed by atoms with Gasteiger partial charge in [-0.3, -0.25) is 4.90 Å². The van der Waals surface area contributed by atoms with Crippen molar-refractivity contribution in [1.29, 1.82) is 0 Å². The lowest BCUT2D eigenvalue weighted by atomic mass is 10.1. The van der Waals surface area contributed by atoms with Gasteiger partial charge in [-0.15, -0.1) is 0 Å². The first-order valence-corrected chi connectivity index (χ1v) is 7.17. The maximum absolute atomic E-state index is 5.92. The molecule has 0 amide bonds. The first-order chi connectivity index (χ1) is 9.24. The third-order valence-corrected chi connectivity index (χ3v) is 4.13. The highest BCUT2D eigenvalue weighted by atomic mass is 16.5. The molecule has 0 bridgehead atoms. The monoisotopic (exact) mass is 265 g/mol. The first-order valence-electron chi connectivity index (χ1n) is 7.17. The fourth-order valence-corrected chi connectivity index (χ4v) is 3.14. The molecule has 3 heterocycles. The molecule has 19 heavy (non-hydrogen) atoms. The summed E-state index contributed by atoms with van der Waals surface area (Å²) in [6.07, 6.45) is 4.46. The van der Waals surface area contributed by atoms with Crippen molar-refractivity contribution >= 4 is 0 Å². The molecule has 5 heteroatoms. The molecule has 5 nitrogen and oxygen atoms in total. The lowest BCUT2D eigenvalue weighted by Crippen LogP contribution is -2.47. The smallest absolute Gasteiger partial charge is 0.139 e. The van der Waals surface area contributed by atoms with Gasteiger partial charge < -0.3 is 14.0 Å². The SMILES string of the molecule is Cc1cn(C)c([C@@H]2CN(C3CCOCC3)CCO2)n1. The maximum Gasteiger partial charge on any atom is 0.139 e. The Morgan fingerprint density at radius 1 is 1.26 bits per heavy atom. The molecule has 2 aliphatic rings. The molecule has 1 aromatic rings. The molecule has 2 aliphatic heterocycles. The van der Waals surface area contributed by atoms with Crippen molar-refractivity contribution in [3.05, 3.63) is 17.7 Å². The van der Waals surface area contributed by atoms with Crippen LogP contribution in [0.2, 0.25) is 0 Å². The molecule has 0 aliphatic carbocycles. The lowest BCUT2D eigenvalue weighted by Gasteiger charge is -2.39. The van der Waals surface area contributed by atoms with E-state index in [0.717, 1.165) is 57.3 Å². The Hall–Kier alpha value is -0.910. The predicted octanol–water partition coefficient (Wildman–Crippen LogP) is 1.28. The highest BCUT2D eigenvalue weighted by molar-refractivity contribution is 5.05. The van der Waals surface area contributed by atoms with Gasteiger partial charge in [-0.05, 0) is 19.8 Å². The van der Waals surface area contributed by atoms with Gasteiger partial charge in [-0.2, -0.15) is 0 Å². The van der Waals surface area contributed by atoms with Crippen LogP contribution in [-0.4, -0.2) is 53.4 Å². The van der Waals surface area contributed by atoms with E-state index in [0.29, 0.717) is 6.04 Å². The summed E-state index contributed by atoms with van der Waals surface area (Å²) in [4.78, 5) is 7.16. The number of aromatic nitrogens is 2. The van der Waals surface area contributed by atoms with E-state index in [2.05, 4.69) is 20.6 Å². The summed E-state index contributed by atoms with van der Waals surface area (Å²) in [5.41, 5.74) is 1.06. The number of morpholine rings is 1. The largest absolute Gasteiger partial charge is 0.381 e. The Labute approximate surface area is 114 Å². The molecule has 106 valence electrons. The number of imidazole rings is 1. The number of hydrogen-bond acceptors (Lipinski definition) is 4. The molecule has 0 spiro atoms. The Bertz CT molecular complexity index is 426. The number of aryl methyl sites for hydroxylation is 2. The van der Waals surface area contributed by atoms with Crippen LogP contribution >= 0.6 is 0 Å². The maximum atomic E-state index is 5.92. The first kappa shape index (κ1) is 13.1. The van der Waals surface area contributed by atoms with Gasteiger partial charge in [0.05, 0.1) is 12.3 Å². The summed E-state index contributed by atoms with van der Waals surface area (Å²) < 4.78 is 13.5. The van der Waals surface area contributed by atoms with Crippen LogP contribution < -0.4 is 0 Å². The van der Waals surface area contributed by atoms with E-state index in [4.69, 9.17) is 9.47 Å². The van der Waals surface area contributed by atoms with Crippen LogP contribution in [0.5, 0.6) is 0 Å². The summed E-state index contributed by atoms with van der Waals surface area (Å²) in [5.74, 6) is 1.05. The van der Waals surface area contributed by atoms with Crippen molar-refractivity contribution < 1.29 is 9.47 Å². The molecule has 3 rings (SSSR count). The second kappa shape index (κ2) is 5.61. The van der Waals surface area contributed by atoms with E-state index in [-0.39, 0.29) is 6.10 Å². The lowest BCUT2D eigenvalue weighted by molar-refractivity contribution is -0.0671. The fourth-order valence-electron chi connectivity index (χ4n) is 3.14. The molecule has 0 radical (unpaired) electrons. The van der Waals surface area contributed by atoms with Crippen LogP contribution in [0, 0.1) is 6.92 Å². The second-order valence-corrected chi connectivity index (χ2v) is 5.55. The van der Waals surface area contributed by atoms with Crippen LogP contribution in [0.4, 0.5) is 0 Å². The van der Waals surface area contributed by atoms with Crippen LogP contribution in [0.15, 0.2) is 6.20 Å². The zero-order valence-electron chi connectivity index (χ0n) is 11.8. The van der Waals surface area contributed by atoms with Crippen LogP contribution in [-0.2, 0) is 16.5 Å². The normalized spacial score (nSPS) is 26.7. The summed E-state index contributed by atoms with van der Waals surface area (Å²) in [7, 11) is 2.05. The molecule has 2 saturated heterocycles. The van der Waals surface area contributed by atoms with E-state index in [1.54, 1.807) is 0 Å². The van der Waals surface area contributed by atoms with Gasteiger partial charge in [0.15, 0.2) is 0 Å². The minimum atomic E-state index is 0.107. The molecule has 0 aromatic carbocycles. The number of hydrogen-bond donors (Lipinski definition) is 0. The van der Waals surface area contributed by atoms with Gasteiger partial charge in [-0.25, -0.2) is 4.98 Å². The van der Waals surface area contributed by atoms with E-state index >= 15 is 0 Å². The zero-order chi connectivity index (χ0) is 13.2. The summed E-state index contributed by atoms with van der Waals surface area (Å²) in [5, 5.41) is 0. The van der Waals surface area contributed by atoms with E-state index < -0.39 is 0 Å². The summed E-state index contributed by atoms with van der Waals surface area (Å²) >= 11 is 0. The highest BCUT2D eigenvalue weighted by Gasteiger charge is 2.30. The predicted molar refractivity (Wildman–Crippen MR) is 72.1 cm³/mol. The average Bonchev–Trinajstić information content (AvgIpc) is 2.79. The molecule has 0 saturated carbocycles. The average molecular weight is 265 g/mol. The third-order valence-electron chi connectivity index (χ3n) is 4.13. The van der Waals surface area contributed by atoms with Crippen molar-refractivity contribution in [3.63, 3.8) is 0 Å². The molecule has 1 aromatic heterocycles. The molecular formula is C14H23N3O2. The highest BCUT2D eigenvalue weighted by Crippen LogP contribution is 2.25. The van der Waals surface area contributed by atoms with Gasteiger partial charge in [0, 0.05) is 45.6 Å². The fraction of sp³-hybridized carbons (Fsp3) is 0.786. The number of nitrogens with zero attached hydrogens (tertiary/aromatic N) is 3. The topological polar surface area (TPSA) is 39.5 Å². The van der Waals surface area contributed by atoms with Gasteiger partial charge in [0.2, 0.25) is 0 Å². The molecule has 1 atom stereocenters. The van der Waals surface area contributed by atoms with Crippen molar-refractivity contribution in [2.45, 2.75) is 31.9 Å². The Balaban J connectivity index is 1.69. The van der Waals surface area contributed by atoms with Crippen molar-refractivity contribution in [2.75, 3.05) is 32.9 Å². The molecule has 2 fully saturated rings. The Kier molecular flexibility index (Phi) is 3.86. The van der Waals surface area contributed by atoms with Gasteiger partial charge in [-0.1, -0.05) is 0 Å². The Morgan fingerprint density at radius 2 is 2.05 bits per heavy atom. The summed E-state index contributed by atoms with van der Waals surface area (Å²) in [6.45, 7) is 6.61. The third kappa shape index (κ3) is 2.83. The van der Waals surface area contributed by atoms with Crippen LogP contribution in [0.25, 0.3) is 0 Å². The van der Waals surface area contributed by atoms with E-state index in [1.807, 2.05) is 14.0 Å². The Morgan fingerprint density at radius 3 is 2.74 bits per heavy atom. The second-order valence-electron chi connectivity index (χ2n) is 5.55. The minimum Gasteiger partial charge on any atom is -0.381 e. The van der Waals surface area contributed by atoms with Crippen LogP contribution in [0.3, 0.4) is 0 Å². The van der Waals surface area contributed by atoms with Crippen molar-refractivity contribution in [3.8, 4) is 0 Å². The van der Waals surface area contributed by atoms with Crippen LogP contribution in [0.1, 0.15) is 30.5 Å². The molecule has 0 N–H and O–H groups in total. The standard InChI is InChI=1S/C14H23N3O2/c1-11-9-16(2)14(15-11)13-10-17(5-8-19-13)12-3-6-18-7-4-12/h9,12-13H,3-8,10H2,1-2H3/t13-/m0/s1. The number of rotatable bonds is 2. The zero-order valence-corrected chi connectivity index (χ0v) is 11.8. The minimum absolute atomic E-state index is 0.107.